The van der Waals surface area contributed by atoms with Crippen molar-refractivity contribution in [2.75, 3.05) is 0 Å². The van der Waals surface area contributed by atoms with Gasteiger partial charge in [-0.1, -0.05) is 78.9 Å². The van der Waals surface area contributed by atoms with Gasteiger partial charge in [0, 0.05) is 5.56 Å². The van der Waals surface area contributed by atoms with Crippen molar-refractivity contribution < 1.29 is 9.53 Å². The minimum atomic E-state index is -0.396. The number of benzene rings is 5. The van der Waals surface area contributed by atoms with Gasteiger partial charge in [0.05, 0.1) is 12.1 Å². The van der Waals surface area contributed by atoms with E-state index in [4.69, 9.17) is 11.3 Å². The third-order valence-corrected chi connectivity index (χ3v) is 5.52. The van der Waals surface area contributed by atoms with Crippen molar-refractivity contribution in [3.05, 3.63) is 101 Å². The van der Waals surface area contributed by atoms with Crippen LogP contribution in [-0.2, 0) is 4.74 Å². The summed E-state index contributed by atoms with van der Waals surface area (Å²) in [6.45, 7) is 8.92. The Morgan fingerprint density at radius 3 is 2.14 bits per heavy atom. The predicted octanol–water partition coefficient (Wildman–Crippen LogP) is 7.05. The SMILES string of the molecule is [C-]#[N+]c1ccc(C(=O)O[C@H](C)c2ccc3ccc4cccc5ccc2c3c45)cc1. The highest BCUT2D eigenvalue weighted by Crippen LogP contribution is 2.38. The molecule has 3 nitrogen and oxygen atoms in total. The van der Waals surface area contributed by atoms with Gasteiger partial charge in [0.2, 0.25) is 0 Å². The molecule has 0 aliphatic rings. The summed E-state index contributed by atoms with van der Waals surface area (Å²) in [4.78, 5) is 15.9. The lowest BCUT2D eigenvalue weighted by atomic mass is 9.91. The molecule has 0 amide bonds. The Kier molecular flexibility index (Phi) is 3.93. The highest BCUT2D eigenvalue weighted by molar-refractivity contribution is 6.23. The van der Waals surface area contributed by atoms with Crippen LogP contribution >= 0.6 is 0 Å². The minimum absolute atomic E-state index is 0.389. The number of rotatable bonds is 3. The van der Waals surface area contributed by atoms with Crippen LogP contribution in [0.15, 0.2) is 78.9 Å². The topological polar surface area (TPSA) is 30.7 Å². The molecule has 1 atom stereocenters. The second-order valence-corrected chi connectivity index (χ2v) is 7.22. The van der Waals surface area contributed by atoms with E-state index < -0.39 is 6.10 Å². The summed E-state index contributed by atoms with van der Waals surface area (Å²) >= 11 is 0. The number of carbonyl (C=O) groups excluding carboxylic acids is 1. The third kappa shape index (κ3) is 2.78. The molecular weight excluding hydrogens is 358 g/mol. The Labute approximate surface area is 168 Å². The van der Waals surface area contributed by atoms with Gasteiger partial charge in [-0.25, -0.2) is 9.64 Å². The summed E-state index contributed by atoms with van der Waals surface area (Å²) in [5.41, 5.74) is 1.94. The van der Waals surface area contributed by atoms with E-state index in [-0.39, 0.29) is 5.97 Å². The molecule has 0 bridgehead atoms. The predicted molar refractivity (Wildman–Crippen MR) is 117 cm³/mol. The molecular formula is C26H17NO2. The summed E-state index contributed by atoms with van der Waals surface area (Å²) in [7, 11) is 0. The van der Waals surface area contributed by atoms with Gasteiger partial charge in [-0.2, -0.15) is 0 Å². The van der Waals surface area contributed by atoms with Crippen molar-refractivity contribution in [1.82, 2.24) is 0 Å². The zero-order valence-electron chi connectivity index (χ0n) is 15.8. The van der Waals surface area contributed by atoms with Gasteiger partial charge in [-0.3, -0.25) is 0 Å². The van der Waals surface area contributed by atoms with E-state index in [2.05, 4.69) is 53.4 Å². The molecule has 0 spiro atoms. The van der Waals surface area contributed by atoms with Crippen LogP contribution in [0.2, 0.25) is 0 Å². The number of carbonyl (C=O) groups is 1. The Bertz CT molecular complexity index is 1390. The molecule has 0 unspecified atom stereocenters. The maximum atomic E-state index is 12.6. The van der Waals surface area contributed by atoms with E-state index in [9.17, 15) is 4.79 Å². The highest BCUT2D eigenvalue weighted by Gasteiger charge is 2.18. The number of ether oxygens (including phenoxy) is 1. The van der Waals surface area contributed by atoms with Crippen LogP contribution in [0.25, 0.3) is 37.2 Å². The third-order valence-electron chi connectivity index (χ3n) is 5.52. The van der Waals surface area contributed by atoms with E-state index in [1.807, 2.05) is 13.0 Å². The average Bonchev–Trinajstić information content (AvgIpc) is 2.77. The summed E-state index contributed by atoms with van der Waals surface area (Å²) in [5.74, 6) is -0.389. The molecule has 0 aliphatic heterocycles. The largest absolute Gasteiger partial charge is 0.454 e. The second kappa shape index (κ2) is 6.61. The second-order valence-electron chi connectivity index (χ2n) is 7.22. The van der Waals surface area contributed by atoms with Crippen molar-refractivity contribution in [3.63, 3.8) is 0 Å². The number of esters is 1. The molecule has 0 N–H and O–H groups in total. The van der Waals surface area contributed by atoms with E-state index in [0.717, 1.165) is 10.9 Å². The zero-order valence-corrected chi connectivity index (χ0v) is 15.8. The van der Waals surface area contributed by atoms with Gasteiger partial charge < -0.3 is 4.74 Å². The molecule has 138 valence electrons. The van der Waals surface area contributed by atoms with Crippen LogP contribution in [0.1, 0.15) is 28.9 Å². The Hall–Kier alpha value is -3.90. The van der Waals surface area contributed by atoms with Crippen molar-refractivity contribution in [2.24, 2.45) is 0 Å². The van der Waals surface area contributed by atoms with Gasteiger partial charge in [0.25, 0.3) is 0 Å². The number of hydrogen-bond donors (Lipinski definition) is 0. The van der Waals surface area contributed by atoms with Crippen LogP contribution in [0.3, 0.4) is 0 Å². The first-order valence-electron chi connectivity index (χ1n) is 9.50. The molecule has 0 fully saturated rings. The summed E-state index contributed by atoms with van der Waals surface area (Å²) < 4.78 is 5.77. The molecule has 5 rings (SSSR count). The lowest BCUT2D eigenvalue weighted by Gasteiger charge is -2.18. The van der Waals surface area contributed by atoms with Crippen molar-refractivity contribution in [3.8, 4) is 0 Å². The molecule has 3 heteroatoms. The summed E-state index contributed by atoms with van der Waals surface area (Å²) in [6, 6.07) is 25.5. The monoisotopic (exact) mass is 375 g/mol. The lowest BCUT2D eigenvalue weighted by molar-refractivity contribution is 0.0341. The van der Waals surface area contributed by atoms with Crippen LogP contribution in [0.5, 0.6) is 0 Å². The fourth-order valence-corrected chi connectivity index (χ4v) is 4.08. The van der Waals surface area contributed by atoms with Crippen LogP contribution in [-0.4, -0.2) is 5.97 Å². The van der Waals surface area contributed by atoms with Crippen molar-refractivity contribution in [2.45, 2.75) is 13.0 Å². The molecule has 0 heterocycles. The van der Waals surface area contributed by atoms with Crippen LogP contribution < -0.4 is 0 Å². The number of hydrogen-bond acceptors (Lipinski definition) is 2. The van der Waals surface area contributed by atoms with Gasteiger partial charge in [-0.05, 0) is 39.2 Å². The average molecular weight is 375 g/mol. The van der Waals surface area contributed by atoms with E-state index in [1.54, 1.807) is 24.3 Å². The van der Waals surface area contributed by atoms with E-state index in [1.165, 1.54) is 26.9 Å². The zero-order chi connectivity index (χ0) is 20.0. The summed E-state index contributed by atoms with van der Waals surface area (Å²) in [5, 5.41) is 7.17. The maximum Gasteiger partial charge on any atom is 0.338 e. The first-order valence-corrected chi connectivity index (χ1v) is 9.50. The first-order chi connectivity index (χ1) is 14.2. The molecule has 0 saturated carbocycles. The molecule has 0 aliphatic carbocycles. The molecule has 0 radical (unpaired) electrons. The van der Waals surface area contributed by atoms with Gasteiger partial charge in [0.1, 0.15) is 6.10 Å². The van der Waals surface area contributed by atoms with Gasteiger partial charge in [-0.15, -0.1) is 0 Å². The Morgan fingerprint density at radius 1 is 0.828 bits per heavy atom. The molecule has 5 aromatic carbocycles. The highest BCUT2D eigenvalue weighted by atomic mass is 16.5. The number of nitrogens with zero attached hydrogens (tertiary/aromatic N) is 1. The fraction of sp³-hybridized carbons (Fsp3) is 0.0769. The first kappa shape index (κ1) is 17.2. The Balaban J connectivity index is 1.57. The molecule has 0 aromatic heterocycles. The minimum Gasteiger partial charge on any atom is -0.454 e. The molecule has 29 heavy (non-hydrogen) atoms. The fourth-order valence-electron chi connectivity index (χ4n) is 4.08. The van der Waals surface area contributed by atoms with E-state index >= 15 is 0 Å². The smallest absolute Gasteiger partial charge is 0.338 e. The van der Waals surface area contributed by atoms with Crippen molar-refractivity contribution in [1.29, 1.82) is 0 Å². The Morgan fingerprint density at radius 2 is 1.45 bits per heavy atom. The normalized spacial score (nSPS) is 12.3. The molecule has 5 aromatic rings. The van der Waals surface area contributed by atoms with Gasteiger partial charge >= 0.3 is 5.97 Å². The standard InChI is InChI=1S/C26H17NO2/c1-16(29-26(28)20-8-12-21(27-2)13-9-20)22-14-10-19-7-6-17-4-3-5-18-11-15-23(22)25(19)24(17)18/h3-16H,1H3/t16-/m1/s1. The van der Waals surface area contributed by atoms with Crippen molar-refractivity contribution >= 4 is 44.0 Å². The van der Waals surface area contributed by atoms with Gasteiger partial charge in [0.15, 0.2) is 5.69 Å². The van der Waals surface area contributed by atoms with E-state index in [0.29, 0.717) is 11.3 Å². The van der Waals surface area contributed by atoms with Crippen LogP contribution in [0, 0.1) is 6.57 Å². The quantitative estimate of drug-likeness (QED) is 0.192. The maximum absolute atomic E-state index is 12.6. The lowest BCUT2D eigenvalue weighted by Crippen LogP contribution is -2.09. The summed E-state index contributed by atoms with van der Waals surface area (Å²) in [6.07, 6.45) is -0.396. The molecule has 0 saturated heterocycles. The van der Waals surface area contributed by atoms with Crippen LogP contribution in [0.4, 0.5) is 5.69 Å².